The van der Waals surface area contributed by atoms with Crippen LogP contribution >= 0.6 is 23.4 Å². The van der Waals surface area contributed by atoms with Crippen LogP contribution in [0.25, 0.3) is 11.0 Å². The first-order chi connectivity index (χ1) is 12.2. The number of hydrogen-bond acceptors (Lipinski definition) is 6. The number of nitrogens with zero attached hydrogens (tertiary/aromatic N) is 5. The maximum atomic E-state index is 11.3. The van der Waals surface area contributed by atoms with E-state index < -0.39 is 0 Å². The molecule has 1 N–H and O–H groups in total. The minimum absolute atomic E-state index is 0.0293. The van der Waals surface area contributed by atoms with E-state index in [-0.39, 0.29) is 11.8 Å². The molecule has 1 saturated heterocycles. The van der Waals surface area contributed by atoms with Crippen LogP contribution in [0, 0.1) is 0 Å². The Kier molecular flexibility index (Phi) is 6.36. The van der Waals surface area contributed by atoms with E-state index in [1.54, 1.807) is 11.8 Å². The van der Waals surface area contributed by atoms with E-state index in [1.807, 2.05) is 10.9 Å². The molecule has 25 heavy (non-hydrogen) atoms. The summed E-state index contributed by atoms with van der Waals surface area (Å²) in [5.41, 5.74) is 0.826. The van der Waals surface area contributed by atoms with Crippen molar-refractivity contribution < 1.29 is 4.79 Å². The smallest absolute Gasteiger partial charge is 0.234 e. The topological polar surface area (TPSA) is 75.9 Å². The molecule has 3 heterocycles. The van der Waals surface area contributed by atoms with Crippen molar-refractivity contribution in [3.8, 4) is 0 Å². The van der Waals surface area contributed by atoms with Crippen LogP contribution in [0.15, 0.2) is 11.4 Å². The van der Waals surface area contributed by atoms with E-state index in [2.05, 4.69) is 27.2 Å². The fourth-order valence-electron chi connectivity index (χ4n) is 2.97. The lowest BCUT2D eigenvalue weighted by Crippen LogP contribution is -2.30. The number of alkyl halides is 1. The van der Waals surface area contributed by atoms with Crippen molar-refractivity contribution in [2.24, 2.45) is 0 Å². The standard InChI is InChI=1S/C16H23ClN6OS/c1-2-25-16-20-14(22-7-4-3-5-8-22)12-11-19-23(15(12)21-16)9-6-18-13(24)10-17/h11H,2-10H2,1H3,(H,18,24). The molecule has 2 aromatic rings. The Morgan fingerprint density at radius 3 is 2.84 bits per heavy atom. The predicted octanol–water partition coefficient (Wildman–Crippen LogP) is 2.28. The number of fused-ring (bicyclic) bond motifs is 1. The number of anilines is 1. The lowest BCUT2D eigenvalue weighted by atomic mass is 10.1. The summed E-state index contributed by atoms with van der Waals surface area (Å²) in [4.78, 5) is 23.1. The molecule has 0 spiro atoms. The first kappa shape index (κ1) is 18.3. The van der Waals surface area contributed by atoms with E-state index in [0.29, 0.717) is 13.1 Å². The van der Waals surface area contributed by atoms with Crippen molar-refractivity contribution in [2.45, 2.75) is 37.9 Å². The van der Waals surface area contributed by atoms with Crippen molar-refractivity contribution in [3.05, 3.63) is 6.20 Å². The van der Waals surface area contributed by atoms with Crippen LogP contribution in [0.3, 0.4) is 0 Å². The summed E-state index contributed by atoms with van der Waals surface area (Å²) in [7, 11) is 0. The minimum atomic E-state index is -0.177. The quantitative estimate of drug-likeness (QED) is 0.450. The number of hydrogen-bond donors (Lipinski definition) is 1. The number of carbonyl (C=O) groups is 1. The molecule has 7 nitrogen and oxygen atoms in total. The van der Waals surface area contributed by atoms with E-state index in [1.165, 1.54) is 19.3 Å². The molecule has 9 heteroatoms. The summed E-state index contributed by atoms with van der Waals surface area (Å²) in [5.74, 6) is 1.70. The highest BCUT2D eigenvalue weighted by Crippen LogP contribution is 2.29. The Morgan fingerprint density at radius 1 is 1.32 bits per heavy atom. The third-order valence-electron chi connectivity index (χ3n) is 4.15. The molecule has 136 valence electrons. The van der Waals surface area contributed by atoms with Crippen LogP contribution in [-0.2, 0) is 11.3 Å². The van der Waals surface area contributed by atoms with Crippen LogP contribution < -0.4 is 10.2 Å². The van der Waals surface area contributed by atoms with Gasteiger partial charge in [-0.2, -0.15) is 5.10 Å². The molecule has 0 saturated carbocycles. The van der Waals surface area contributed by atoms with E-state index in [0.717, 1.165) is 40.9 Å². The fraction of sp³-hybridized carbons (Fsp3) is 0.625. The lowest BCUT2D eigenvalue weighted by molar-refractivity contribution is -0.118. The van der Waals surface area contributed by atoms with Crippen LogP contribution in [0.5, 0.6) is 0 Å². The summed E-state index contributed by atoms with van der Waals surface area (Å²) < 4.78 is 1.83. The second kappa shape index (κ2) is 8.71. The molecule has 1 amide bonds. The molecule has 1 aliphatic heterocycles. The average Bonchev–Trinajstić information content (AvgIpc) is 3.05. The fourth-order valence-corrected chi connectivity index (χ4v) is 3.63. The van der Waals surface area contributed by atoms with Gasteiger partial charge in [-0.15, -0.1) is 11.6 Å². The van der Waals surface area contributed by atoms with Crippen LogP contribution in [-0.4, -0.2) is 56.9 Å². The molecule has 0 unspecified atom stereocenters. The zero-order valence-electron chi connectivity index (χ0n) is 14.4. The first-order valence-corrected chi connectivity index (χ1v) is 10.2. The molecule has 3 rings (SSSR count). The highest BCUT2D eigenvalue weighted by atomic mass is 35.5. The van der Waals surface area contributed by atoms with Crippen LogP contribution in [0.4, 0.5) is 5.82 Å². The minimum Gasteiger partial charge on any atom is -0.356 e. The Morgan fingerprint density at radius 2 is 2.12 bits per heavy atom. The summed E-state index contributed by atoms with van der Waals surface area (Å²) in [6, 6.07) is 0. The highest BCUT2D eigenvalue weighted by Gasteiger charge is 2.19. The van der Waals surface area contributed by atoms with Crippen LogP contribution in [0.1, 0.15) is 26.2 Å². The monoisotopic (exact) mass is 382 g/mol. The number of nitrogens with one attached hydrogen (secondary N) is 1. The largest absolute Gasteiger partial charge is 0.356 e. The molecule has 2 aromatic heterocycles. The normalized spacial score (nSPS) is 14.9. The van der Waals surface area contributed by atoms with Gasteiger partial charge in [0.25, 0.3) is 0 Å². The second-order valence-electron chi connectivity index (χ2n) is 5.90. The molecule has 0 aromatic carbocycles. The van der Waals surface area contributed by atoms with Crippen molar-refractivity contribution in [2.75, 3.05) is 36.2 Å². The van der Waals surface area contributed by atoms with Gasteiger partial charge >= 0.3 is 0 Å². The van der Waals surface area contributed by atoms with Gasteiger partial charge < -0.3 is 10.2 Å². The van der Waals surface area contributed by atoms with Crippen molar-refractivity contribution in [1.82, 2.24) is 25.1 Å². The molecule has 1 fully saturated rings. The third kappa shape index (κ3) is 4.36. The number of rotatable bonds is 7. The zero-order chi connectivity index (χ0) is 17.6. The number of carbonyl (C=O) groups excluding carboxylic acids is 1. The van der Waals surface area contributed by atoms with Crippen molar-refractivity contribution in [3.63, 3.8) is 0 Å². The van der Waals surface area contributed by atoms with Crippen molar-refractivity contribution >= 4 is 46.1 Å². The summed E-state index contributed by atoms with van der Waals surface area (Å²) in [6.07, 6.45) is 5.50. The number of aromatic nitrogens is 4. The zero-order valence-corrected chi connectivity index (χ0v) is 15.9. The highest BCUT2D eigenvalue weighted by molar-refractivity contribution is 7.99. The second-order valence-corrected chi connectivity index (χ2v) is 7.40. The van der Waals surface area contributed by atoms with Gasteiger partial charge in [-0.25, -0.2) is 14.6 Å². The maximum absolute atomic E-state index is 11.3. The third-order valence-corrected chi connectivity index (χ3v) is 5.12. The van der Waals surface area contributed by atoms with Gasteiger partial charge in [0.2, 0.25) is 5.91 Å². The lowest BCUT2D eigenvalue weighted by Gasteiger charge is -2.28. The number of amides is 1. The molecule has 0 aliphatic carbocycles. The Labute approximate surface area is 156 Å². The van der Waals surface area contributed by atoms with Crippen molar-refractivity contribution in [1.29, 1.82) is 0 Å². The van der Waals surface area contributed by atoms with Gasteiger partial charge in [-0.1, -0.05) is 18.7 Å². The molecule has 0 bridgehead atoms. The molecule has 0 atom stereocenters. The summed E-state index contributed by atoms with van der Waals surface area (Å²) >= 11 is 7.14. The molecular weight excluding hydrogens is 360 g/mol. The first-order valence-electron chi connectivity index (χ1n) is 8.67. The van der Waals surface area contributed by atoms with Gasteiger partial charge in [0.1, 0.15) is 11.7 Å². The van der Waals surface area contributed by atoms with Gasteiger partial charge in [-0.3, -0.25) is 4.79 Å². The number of thioether (sulfide) groups is 1. The predicted molar refractivity (Wildman–Crippen MR) is 102 cm³/mol. The van der Waals surface area contributed by atoms with Gasteiger partial charge in [0.05, 0.1) is 18.1 Å². The van der Waals surface area contributed by atoms with E-state index in [9.17, 15) is 4.79 Å². The molecular formula is C16H23ClN6OS. The number of piperidine rings is 1. The maximum Gasteiger partial charge on any atom is 0.234 e. The summed E-state index contributed by atoms with van der Waals surface area (Å²) in [6.45, 7) is 5.18. The molecule has 0 radical (unpaired) electrons. The van der Waals surface area contributed by atoms with Crippen LogP contribution in [0.2, 0.25) is 0 Å². The summed E-state index contributed by atoms with van der Waals surface area (Å²) in [5, 5.41) is 8.99. The Bertz CT molecular complexity index is 731. The van der Waals surface area contributed by atoms with E-state index >= 15 is 0 Å². The van der Waals surface area contributed by atoms with Gasteiger partial charge in [0, 0.05) is 19.6 Å². The Hall–Kier alpha value is -1.54. The SMILES string of the molecule is CCSc1nc(N2CCCCC2)c2cnn(CCNC(=O)CCl)c2n1. The average molecular weight is 383 g/mol. The molecule has 1 aliphatic rings. The van der Waals surface area contributed by atoms with Gasteiger partial charge in [-0.05, 0) is 25.0 Å². The van der Waals surface area contributed by atoms with E-state index in [4.69, 9.17) is 16.6 Å². The van der Waals surface area contributed by atoms with Gasteiger partial charge in [0.15, 0.2) is 10.8 Å². The number of halogens is 1. The Balaban J connectivity index is 1.89.